The lowest BCUT2D eigenvalue weighted by molar-refractivity contribution is -0.122. The second-order valence-electron chi connectivity index (χ2n) is 3.46. The highest BCUT2D eigenvalue weighted by molar-refractivity contribution is 5.78. The number of nitrogens with zero attached hydrogens (tertiary/aromatic N) is 2. The van der Waals surface area contributed by atoms with Gasteiger partial charge in [-0.15, -0.1) is 0 Å². The van der Waals surface area contributed by atoms with Crippen molar-refractivity contribution in [1.82, 2.24) is 10.5 Å². The quantitative estimate of drug-likeness (QED) is 0.574. The minimum atomic E-state index is -0.223. The molecule has 0 aliphatic carbocycles. The second-order valence-corrected chi connectivity index (χ2v) is 3.46. The summed E-state index contributed by atoms with van der Waals surface area (Å²) in [6, 6.07) is 7.42. The Balaban J connectivity index is 2.39. The number of benzene rings is 1. The first-order valence-electron chi connectivity index (χ1n) is 4.77. The van der Waals surface area contributed by atoms with E-state index in [0.717, 1.165) is 11.3 Å². The Bertz CT molecular complexity index is 456. The largest absolute Gasteiger partial charge is 0.397 e. The van der Waals surface area contributed by atoms with Crippen LogP contribution in [0, 0.1) is 0 Å². The van der Waals surface area contributed by atoms with Gasteiger partial charge in [0.25, 0.3) is 0 Å². The van der Waals surface area contributed by atoms with Crippen LogP contribution in [0.1, 0.15) is 12.5 Å². The molecule has 2 rings (SSSR count). The summed E-state index contributed by atoms with van der Waals surface area (Å²) in [7, 11) is 0. The predicted molar refractivity (Wildman–Crippen MR) is 60.9 cm³/mol. The SMILES string of the molecule is CC(=O)NN1C=C(N)c2ccccc2N1N. The number of hydrazine groups is 3. The molecule has 0 radical (unpaired) electrons. The number of hydrogen-bond acceptors (Lipinski definition) is 5. The fourth-order valence-electron chi connectivity index (χ4n) is 1.54. The van der Waals surface area contributed by atoms with E-state index in [9.17, 15) is 4.79 Å². The molecule has 1 aliphatic heterocycles. The van der Waals surface area contributed by atoms with Crippen LogP contribution >= 0.6 is 0 Å². The predicted octanol–water partition coefficient (Wildman–Crippen LogP) is -0.0945. The molecule has 5 N–H and O–H groups in total. The molecule has 1 heterocycles. The Morgan fingerprint density at radius 3 is 2.75 bits per heavy atom. The smallest absolute Gasteiger partial charge is 0.236 e. The molecule has 1 aliphatic rings. The lowest BCUT2D eigenvalue weighted by atomic mass is 10.1. The van der Waals surface area contributed by atoms with Crippen molar-refractivity contribution in [3.8, 4) is 0 Å². The van der Waals surface area contributed by atoms with E-state index < -0.39 is 0 Å². The molecule has 0 fully saturated rings. The molecule has 6 heteroatoms. The number of rotatable bonds is 1. The highest BCUT2D eigenvalue weighted by Crippen LogP contribution is 2.27. The van der Waals surface area contributed by atoms with Gasteiger partial charge < -0.3 is 5.73 Å². The molecule has 0 atom stereocenters. The Morgan fingerprint density at radius 1 is 1.38 bits per heavy atom. The van der Waals surface area contributed by atoms with Crippen LogP contribution in [0.3, 0.4) is 0 Å². The molecule has 1 amide bonds. The number of anilines is 1. The number of para-hydroxylation sites is 1. The molecular formula is C10H13N5O. The van der Waals surface area contributed by atoms with Gasteiger partial charge in [0, 0.05) is 12.5 Å². The Labute approximate surface area is 93.0 Å². The van der Waals surface area contributed by atoms with Crippen molar-refractivity contribution in [1.29, 1.82) is 0 Å². The monoisotopic (exact) mass is 219 g/mol. The zero-order chi connectivity index (χ0) is 11.7. The maximum atomic E-state index is 11.0. The first-order chi connectivity index (χ1) is 7.59. The van der Waals surface area contributed by atoms with Crippen molar-refractivity contribution in [2.75, 3.05) is 5.12 Å². The molecule has 1 aromatic rings. The van der Waals surface area contributed by atoms with Crippen molar-refractivity contribution in [3.05, 3.63) is 36.0 Å². The van der Waals surface area contributed by atoms with Gasteiger partial charge in [-0.2, -0.15) is 5.12 Å². The number of amides is 1. The van der Waals surface area contributed by atoms with Crippen molar-refractivity contribution in [3.63, 3.8) is 0 Å². The van der Waals surface area contributed by atoms with Crippen molar-refractivity contribution < 1.29 is 4.79 Å². The molecule has 0 saturated carbocycles. The first kappa shape index (κ1) is 10.3. The molecule has 0 aromatic heterocycles. The van der Waals surface area contributed by atoms with Gasteiger partial charge in [0.2, 0.25) is 5.91 Å². The number of hydrogen-bond donors (Lipinski definition) is 3. The van der Waals surface area contributed by atoms with Gasteiger partial charge in [0.1, 0.15) is 0 Å². The highest BCUT2D eigenvalue weighted by Gasteiger charge is 2.20. The van der Waals surface area contributed by atoms with Crippen LogP contribution in [0.4, 0.5) is 5.69 Å². The van der Waals surface area contributed by atoms with Crippen LogP contribution in [0.2, 0.25) is 0 Å². The molecule has 6 nitrogen and oxygen atoms in total. The normalized spacial score (nSPS) is 14.2. The molecule has 0 saturated heterocycles. The molecule has 16 heavy (non-hydrogen) atoms. The van der Waals surface area contributed by atoms with Crippen molar-refractivity contribution in [2.45, 2.75) is 6.92 Å². The van der Waals surface area contributed by atoms with E-state index in [4.69, 9.17) is 11.6 Å². The van der Waals surface area contributed by atoms with Gasteiger partial charge in [0.15, 0.2) is 0 Å². The molecule has 0 bridgehead atoms. The van der Waals surface area contributed by atoms with E-state index in [1.807, 2.05) is 24.3 Å². The van der Waals surface area contributed by atoms with Gasteiger partial charge in [-0.1, -0.05) is 18.2 Å². The van der Waals surface area contributed by atoms with E-state index in [2.05, 4.69) is 5.43 Å². The van der Waals surface area contributed by atoms with Gasteiger partial charge >= 0.3 is 0 Å². The molecule has 0 unspecified atom stereocenters. The second kappa shape index (κ2) is 3.74. The van der Waals surface area contributed by atoms with E-state index in [0.29, 0.717) is 5.70 Å². The lowest BCUT2D eigenvalue weighted by Crippen LogP contribution is -2.55. The van der Waals surface area contributed by atoms with Crippen LogP contribution in [-0.4, -0.2) is 11.0 Å². The van der Waals surface area contributed by atoms with E-state index >= 15 is 0 Å². The third-order valence-corrected chi connectivity index (χ3v) is 2.23. The van der Waals surface area contributed by atoms with E-state index in [1.165, 1.54) is 17.2 Å². The fourth-order valence-corrected chi connectivity index (χ4v) is 1.54. The maximum absolute atomic E-state index is 11.0. The van der Waals surface area contributed by atoms with Crippen LogP contribution in [0.5, 0.6) is 0 Å². The van der Waals surface area contributed by atoms with Crippen LogP contribution in [-0.2, 0) is 4.79 Å². The number of nitrogens with one attached hydrogen (secondary N) is 1. The summed E-state index contributed by atoms with van der Waals surface area (Å²) in [5.41, 5.74) is 10.5. The third kappa shape index (κ3) is 1.66. The zero-order valence-electron chi connectivity index (χ0n) is 8.84. The molecule has 84 valence electrons. The Morgan fingerprint density at radius 2 is 2.06 bits per heavy atom. The summed E-state index contributed by atoms with van der Waals surface area (Å²) in [5, 5.41) is 2.67. The van der Waals surface area contributed by atoms with Crippen molar-refractivity contribution in [2.24, 2.45) is 11.6 Å². The average Bonchev–Trinajstić information content (AvgIpc) is 2.25. The first-order valence-corrected chi connectivity index (χ1v) is 4.77. The number of fused-ring (bicyclic) bond motifs is 1. The topological polar surface area (TPSA) is 87.6 Å². The fraction of sp³-hybridized carbons (Fsp3) is 0.100. The molecular weight excluding hydrogens is 206 g/mol. The summed E-state index contributed by atoms with van der Waals surface area (Å²) < 4.78 is 0. The van der Waals surface area contributed by atoms with Gasteiger partial charge in [-0.25, -0.2) is 16.4 Å². The minimum Gasteiger partial charge on any atom is -0.397 e. The van der Waals surface area contributed by atoms with Crippen LogP contribution in [0.15, 0.2) is 30.5 Å². The summed E-state index contributed by atoms with van der Waals surface area (Å²) in [6.45, 7) is 1.40. The standard InChI is InChI=1S/C10H13N5O/c1-7(16)13-14-6-9(11)8-4-2-3-5-10(8)15(14)12/h2-6H,11-12H2,1H3,(H,13,16). The summed E-state index contributed by atoms with van der Waals surface area (Å²) in [6.07, 6.45) is 1.56. The third-order valence-electron chi connectivity index (χ3n) is 2.23. The number of carbonyl (C=O) groups excluding carboxylic acids is 1. The van der Waals surface area contributed by atoms with Gasteiger partial charge in [0.05, 0.1) is 17.6 Å². The summed E-state index contributed by atoms with van der Waals surface area (Å²) in [4.78, 5) is 11.0. The summed E-state index contributed by atoms with van der Waals surface area (Å²) >= 11 is 0. The molecule has 1 aromatic carbocycles. The van der Waals surface area contributed by atoms with Gasteiger partial charge in [-0.3, -0.25) is 4.79 Å². The van der Waals surface area contributed by atoms with E-state index in [1.54, 1.807) is 6.20 Å². The minimum absolute atomic E-state index is 0.223. The van der Waals surface area contributed by atoms with Crippen LogP contribution in [0.25, 0.3) is 5.70 Å². The van der Waals surface area contributed by atoms with Gasteiger partial charge in [-0.05, 0) is 6.07 Å². The lowest BCUT2D eigenvalue weighted by Gasteiger charge is -2.35. The Kier molecular flexibility index (Phi) is 2.41. The Hall–Kier alpha value is -2.21. The summed E-state index contributed by atoms with van der Waals surface area (Å²) in [5.74, 6) is 5.62. The van der Waals surface area contributed by atoms with Crippen LogP contribution < -0.4 is 22.1 Å². The van der Waals surface area contributed by atoms with Crippen molar-refractivity contribution >= 4 is 17.3 Å². The molecule has 0 spiro atoms. The maximum Gasteiger partial charge on any atom is 0.236 e. The zero-order valence-corrected chi connectivity index (χ0v) is 8.84. The van der Waals surface area contributed by atoms with E-state index in [-0.39, 0.29) is 5.91 Å². The number of nitrogens with two attached hydrogens (primary N) is 2. The highest BCUT2D eigenvalue weighted by atomic mass is 16.2. The number of carbonyl (C=O) groups is 1. The average molecular weight is 219 g/mol.